The first-order valence-electron chi connectivity index (χ1n) is 10.9. The standard InChI is InChI=1S/C27H26ClN3O2S/c1-31(17-18-11-13-20(34-2)14-12-18)27(33)25(30-26(32)22-8-3-5-9-23(22)28)15-19-16-29-24-10-6-4-7-21(19)24/h3-14,16,25,29H,15,17H2,1-2H3,(H,30,32). The quantitative estimate of drug-likeness (QED) is 0.318. The van der Waals surface area contributed by atoms with Crippen molar-refractivity contribution in [2.75, 3.05) is 13.3 Å². The second kappa shape index (κ2) is 10.8. The molecule has 0 saturated heterocycles. The largest absolute Gasteiger partial charge is 0.361 e. The van der Waals surface area contributed by atoms with Crippen LogP contribution in [0.2, 0.25) is 5.02 Å². The van der Waals surface area contributed by atoms with Gasteiger partial charge >= 0.3 is 0 Å². The first-order valence-corrected chi connectivity index (χ1v) is 12.5. The normalized spacial score (nSPS) is 11.9. The minimum Gasteiger partial charge on any atom is -0.361 e. The number of carbonyl (C=O) groups excluding carboxylic acids is 2. The Bertz CT molecular complexity index is 1300. The van der Waals surface area contributed by atoms with Gasteiger partial charge < -0.3 is 15.2 Å². The number of H-pyrrole nitrogens is 1. The Morgan fingerprint density at radius 1 is 1.03 bits per heavy atom. The minimum atomic E-state index is -0.751. The number of aromatic amines is 1. The summed E-state index contributed by atoms with van der Waals surface area (Å²) in [7, 11) is 1.76. The Balaban J connectivity index is 1.58. The van der Waals surface area contributed by atoms with Crippen LogP contribution in [0.25, 0.3) is 10.9 Å². The van der Waals surface area contributed by atoms with E-state index in [-0.39, 0.29) is 11.8 Å². The number of hydrogen-bond donors (Lipinski definition) is 2. The van der Waals surface area contributed by atoms with Crippen molar-refractivity contribution in [3.05, 3.63) is 101 Å². The lowest BCUT2D eigenvalue weighted by atomic mass is 10.0. The molecule has 3 aromatic carbocycles. The second-order valence-electron chi connectivity index (χ2n) is 8.11. The van der Waals surface area contributed by atoms with Crippen LogP contribution < -0.4 is 5.32 Å². The molecule has 1 atom stereocenters. The highest BCUT2D eigenvalue weighted by atomic mass is 35.5. The van der Waals surface area contributed by atoms with Gasteiger partial charge in [-0.2, -0.15) is 0 Å². The maximum absolute atomic E-state index is 13.5. The fourth-order valence-electron chi connectivity index (χ4n) is 3.95. The summed E-state index contributed by atoms with van der Waals surface area (Å²) < 4.78 is 0. The van der Waals surface area contributed by atoms with Crippen LogP contribution in [0.1, 0.15) is 21.5 Å². The zero-order valence-corrected chi connectivity index (χ0v) is 20.6. The SMILES string of the molecule is CSc1ccc(CN(C)C(=O)C(Cc2c[nH]c3ccccc23)NC(=O)c2ccccc2Cl)cc1. The van der Waals surface area contributed by atoms with Crippen LogP contribution >= 0.6 is 23.4 Å². The summed E-state index contributed by atoms with van der Waals surface area (Å²) in [6, 6.07) is 22.1. The smallest absolute Gasteiger partial charge is 0.253 e. The van der Waals surface area contributed by atoms with Crippen molar-refractivity contribution in [2.24, 2.45) is 0 Å². The molecular formula is C27H26ClN3O2S. The predicted octanol–water partition coefficient (Wildman–Crippen LogP) is 5.54. The van der Waals surface area contributed by atoms with Crippen molar-refractivity contribution >= 4 is 46.1 Å². The van der Waals surface area contributed by atoms with E-state index < -0.39 is 6.04 Å². The Kier molecular flexibility index (Phi) is 7.60. The van der Waals surface area contributed by atoms with Crippen molar-refractivity contribution < 1.29 is 9.59 Å². The van der Waals surface area contributed by atoms with Crippen LogP contribution in [0.5, 0.6) is 0 Å². The van der Waals surface area contributed by atoms with Gasteiger partial charge in [0, 0.05) is 42.0 Å². The first-order chi connectivity index (χ1) is 16.5. The molecule has 0 fully saturated rings. The van der Waals surface area contributed by atoms with Gasteiger partial charge in [0.15, 0.2) is 0 Å². The molecule has 4 rings (SSSR count). The van der Waals surface area contributed by atoms with Crippen LogP contribution in [0.4, 0.5) is 0 Å². The fraction of sp³-hybridized carbons (Fsp3) is 0.185. The van der Waals surface area contributed by atoms with Gasteiger partial charge in [0.05, 0.1) is 10.6 Å². The van der Waals surface area contributed by atoms with E-state index in [1.165, 1.54) is 4.90 Å². The Labute approximate surface area is 208 Å². The highest BCUT2D eigenvalue weighted by Gasteiger charge is 2.26. The number of nitrogens with zero attached hydrogens (tertiary/aromatic N) is 1. The zero-order valence-electron chi connectivity index (χ0n) is 19.0. The van der Waals surface area contributed by atoms with Crippen LogP contribution in [-0.2, 0) is 17.8 Å². The third kappa shape index (κ3) is 5.46. The highest BCUT2D eigenvalue weighted by Crippen LogP contribution is 2.21. The van der Waals surface area contributed by atoms with Gasteiger partial charge in [-0.3, -0.25) is 9.59 Å². The number of rotatable bonds is 8. The van der Waals surface area contributed by atoms with Crippen molar-refractivity contribution in [3.63, 3.8) is 0 Å². The first kappa shape index (κ1) is 23.9. The van der Waals surface area contributed by atoms with Gasteiger partial charge in [-0.05, 0) is 47.7 Å². The molecular weight excluding hydrogens is 466 g/mol. The Hall–Kier alpha value is -3.22. The molecule has 0 radical (unpaired) electrons. The van der Waals surface area contributed by atoms with Crippen LogP contribution in [0, 0.1) is 0 Å². The molecule has 0 saturated carbocycles. The Morgan fingerprint density at radius 3 is 2.47 bits per heavy atom. The second-order valence-corrected chi connectivity index (χ2v) is 9.40. The number of para-hydroxylation sites is 1. The van der Waals surface area contributed by atoms with Crippen molar-refractivity contribution in [3.8, 4) is 0 Å². The molecule has 1 heterocycles. The molecule has 34 heavy (non-hydrogen) atoms. The van der Waals surface area contributed by atoms with Gasteiger partial charge in [-0.15, -0.1) is 11.8 Å². The molecule has 5 nitrogen and oxygen atoms in total. The van der Waals surface area contributed by atoms with E-state index >= 15 is 0 Å². The van der Waals surface area contributed by atoms with Gasteiger partial charge in [0.2, 0.25) is 5.91 Å². The molecule has 0 aliphatic heterocycles. The number of aromatic nitrogens is 1. The summed E-state index contributed by atoms with van der Waals surface area (Å²) in [5.41, 5.74) is 3.32. The predicted molar refractivity (Wildman–Crippen MR) is 139 cm³/mol. The zero-order chi connectivity index (χ0) is 24.1. The topological polar surface area (TPSA) is 65.2 Å². The van der Waals surface area contributed by atoms with E-state index in [0.717, 1.165) is 22.0 Å². The van der Waals surface area contributed by atoms with E-state index in [4.69, 9.17) is 11.6 Å². The summed E-state index contributed by atoms with van der Waals surface area (Å²) in [5.74, 6) is -0.541. The molecule has 0 bridgehead atoms. The molecule has 4 aromatic rings. The molecule has 0 spiro atoms. The molecule has 1 aromatic heterocycles. The number of benzene rings is 3. The number of fused-ring (bicyclic) bond motifs is 1. The van der Waals surface area contributed by atoms with Crippen LogP contribution in [0.3, 0.4) is 0 Å². The van der Waals surface area contributed by atoms with Crippen molar-refractivity contribution in [1.29, 1.82) is 0 Å². The van der Waals surface area contributed by atoms with Crippen LogP contribution in [0.15, 0.2) is 83.9 Å². The molecule has 7 heteroatoms. The number of hydrogen-bond acceptors (Lipinski definition) is 3. The number of amides is 2. The number of likely N-dealkylation sites (N-methyl/N-ethyl adjacent to an activating group) is 1. The average Bonchev–Trinajstić information content (AvgIpc) is 3.26. The van der Waals surface area contributed by atoms with E-state index in [1.807, 2.05) is 61.0 Å². The highest BCUT2D eigenvalue weighted by molar-refractivity contribution is 7.98. The molecule has 2 N–H and O–H groups in total. The van der Waals surface area contributed by atoms with E-state index in [1.54, 1.807) is 48.0 Å². The van der Waals surface area contributed by atoms with E-state index in [2.05, 4.69) is 10.3 Å². The van der Waals surface area contributed by atoms with Gasteiger partial charge in [-0.25, -0.2) is 0 Å². The summed E-state index contributed by atoms with van der Waals surface area (Å²) in [6.07, 6.45) is 4.28. The maximum atomic E-state index is 13.5. The third-order valence-electron chi connectivity index (χ3n) is 5.78. The van der Waals surface area contributed by atoms with Crippen LogP contribution in [-0.4, -0.2) is 41.0 Å². The number of halogens is 1. The summed E-state index contributed by atoms with van der Waals surface area (Å²) in [4.78, 5) is 32.7. The summed E-state index contributed by atoms with van der Waals surface area (Å²) in [5, 5.41) is 4.31. The van der Waals surface area contributed by atoms with Crippen molar-refractivity contribution in [1.82, 2.24) is 15.2 Å². The minimum absolute atomic E-state index is 0.167. The lowest BCUT2D eigenvalue weighted by Gasteiger charge is -2.25. The molecule has 174 valence electrons. The summed E-state index contributed by atoms with van der Waals surface area (Å²) in [6.45, 7) is 0.444. The molecule has 2 amide bonds. The van der Waals surface area contributed by atoms with Gasteiger partial charge in [-0.1, -0.05) is 54.1 Å². The number of carbonyl (C=O) groups is 2. The third-order valence-corrected chi connectivity index (χ3v) is 6.85. The fourth-order valence-corrected chi connectivity index (χ4v) is 4.58. The monoisotopic (exact) mass is 491 g/mol. The molecule has 0 aliphatic rings. The maximum Gasteiger partial charge on any atom is 0.253 e. The Morgan fingerprint density at radius 2 is 1.74 bits per heavy atom. The number of thioether (sulfide) groups is 1. The average molecular weight is 492 g/mol. The lowest BCUT2D eigenvalue weighted by molar-refractivity contribution is -0.132. The van der Waals surface area contributed by atoms with E-state index in [9.17, 15) is 9.59 Å². The van der Waals surface area contributed by atoms with Gasteiger partial charge in [0.25, 0.3) is 5.91 Å². The summed E-state index contributed by atoms with van der Waals surface area (Å²) >= 11 is 7.91. The molecule has 1 unspecified atom stereocenters. The number of nitrogens with one attached hydrogen (secondary N) is 2. The lowest BCUT2D eigenvalue weighted by Crippen LogP contribution is -2.48. The van der Waals surface area contributed by atoms with E-state index in [0.29, 0.717) is 23.6 Å². The van der Waals surface area contributed by atoms with Crippen molar-refractivity contribution in [2.45, 2.75) is 23.9 Å². The van der Waals surface area contributed by atoms with Gasteiger partial charge in [0.1, 0.15) is 6.04 Å². The molecule has 0 aliphatic carbocycles.